The molecule has 124 valence electrons. The summed E-state index contributed by atoms with van der Waals surface area (Å²) < 4.78 is 2.34. The molecule has 0 spiro atoms. The van der Waals surface area contributed by atoms with Crippen molar-refractivity contribution in [2.45, 2.75) is 0 Å². The number of fused-ring (bicyclic) bond motifs is 1. The number of nitrogens with zero attached hydrogens (tertiary/aromatic N) is 3. The molecule has 2 heterocycles. The average Bonchev–Trinajstić information content (AvgIpc) is 3.03. The third-order valence-corrected chi connectivity index (χ3v) is 3.85. The second-order valence-corrected chi connectivity index (χ2v) is 5.40. The van der Waals surface area contributed by atoms with Crippen molar-refractivity contribution in [3.63, 3.8) is 0 Å². The molecule has 8 nitrogen and oxygen atoms in total. The highest BCUT2D eigenvalue weighted by atomic mass is 16.3. The zero-order valence-corrected chi connectivity index (χ0v) is 12.7. The lowest BCUT2D eigenvalue weighted by molar-refractivity contribution is 0.403. The van der Waals surface area contributed by atoms with Crippen molar-refractivity contribution in [3.8, 4) is 22.9 Å². The van der Waals surface area contributed by atoms with E-state index < -0.39 is 17.0 Å². The van der Waals surface area contributed by atoms with Gasteiger partial charge in [-0.15, -0.1) is 0 Å². The monoisotopic (exact) mass is 336 g/mol. The van der Waals surface area contributed by atoms with Crippen molar-refractivity contribution in [3.05, 3.63) is 75.6 Å². The van der Waals surface area contributed by atoms with E-state index in [9.17, 15) is 19.8 Å². The van der Waals surface area contributed by atoms with Gasteiger partial charge in [-0.2, -0.15) is 5.10 Å². The first-order valence-corrected chi connectivity index (χ1v) is 7.37. The maximum Gasteiger partial charge on any atom is 0.334 e. The first-order valence-electron chi connectivity index (χ1n) is 7.37. The minimum absolute atomic E-state index is 0.135. The van der Waals surface area contributed by atoms with Gasteiger partial charge in [-0.25, -0.2) is 14.0 Å². The summed E-state index contributed by atoms with van der Waals surface area (Å²) in [4.78, 5) is 27.8. The highest BCUT2D eigenvalue weighted by Crippen LogP contribution is 2.25. The van der Waals surface area contributed by atoms with E-state index in [1.165, 1.54) is 23.0 Å². The number of phenols is 2. The van der Waals surface area contributed by atoms with E-state index in [1.807, 2.05) is 18.2 Å². The quantitative estimate of drug-likeness (QED) is 0.477. The maximum atomic E-state index is 12.7. The molecule has 4 rings (SSSR count). The lowest BCUT2D eigenvalue weighted by Crippen LogP contribution is -2.33. The molecule has 4 aromatic rings. The van der Waals surface area contributed by atoms with E-state index in [4.69, 9.17) is 0 Å². The Kier molecular flexibility index (Phi) is 3.17. The van der Waals surface area contributed by atoms with Crippen LogP contribution in [0.15, 0.2) is 64.3 Å². The molecule has 25 heavy (non-hydrogen) atoms. The molecule has 0 radical (unpaired) electrons. The molecular formula is C17H12N4O4. The largest absolute Gasteiger partial charge is 0.504 e. The van der Waals surface area contributed by atoms with Crippen molar-refractivity contribution in [2.24, 2.45) is 0 Å². The van der Waals surface area contributed by atoms with Gasteiger partial charge >= 0.3 is 5.69 Å². The highest BCUT2D eigenvalue weighted by molar-refractivity contribution is 5.75. The normalized spacial score (nSPS) is 11.0. The number of hydrogen-bond donors (Lipinski definition) is 3. The molecule has 8 heteroatoms. The topological polar surface area (TPSA) is 113 Å². The molecule has 0 amide bonds. The Bertz CT molecular complexity index is 1210. The molecule has 0 atom stereocenters. The number of hydrogen-bond acceptors (Lipinski definition) is 5. The Balaban J connectivity index is 1.99. The molecular weight excluding hydrogens is 324 g/mol. The molecule has 0 bridgehead atoms. The number of para-hydroxylation sites is 1. The van der Waals surface area contributed by atoms with E-state index >= 15 is 0 Å². The molecule has 0 saturated carbocycles. The second-order valence-electron chi connectivity index (χ2n) is 5.40. The first-order chi connectivity index (χ1) is 12.1. The number of phenolic OH excluding ortho intramolecular Hbond substituents is 2. The second kappa shape index (κ2) is 5.38. The summed E-state index contributed by atoms with van der Waals surface area (Å²) in [5.41, 5.74) is -0.143. The molecule has 0 aliphatic heterocycles. The van der Waals surface area contributed by atoms with Crippen LogP contribution in [0.3, 0.4) is 0 Å². The van der Waals surface area contributed by atoms with Gasteiger partial charge in [0.1, 0.15) is 5.39 Å². The summed E-state index contributed by atoms with van der Waals surface area (Å²) in [6.45, 7) is 0. The van der Waals surface area contributed by atoms with Crippen LogP contribution in [0, 0.1) is 0 Å². The van der Waals surface area contributed by atoms with Crippen LogP contribution in [0.2, 0.25) is 0 Å². The fraction of sp³-hybridized carbons (Fsp3) is 0. The summed E-state index contributed by atoms with van der Waals surface area (Å²) in [6, 6.07) is 12.8. The lowest BCUT2D eigenvalue weighted by atomic mass is 10.2. The predicted molar refractivity (Wildman–Crippen MR) is 90.6 cm³/mol. The molecule has 2 aromatic carbocycles. The van der Waals surface area contributed by atoms with Crippen LogP contribution in [0.1, 0.15) is 0 Å². The smallest absolute Gasteiger partial charge is 0.334 e. The Morgan fingerprint density at radius 3 is 2.40 bits per heavy atom. The van der Waals surface area contributed by atoms with Crippen molar-refractivity contribution < 1.29 is 10.2 Å². The number of H-pyrrole nitrogens is 1. The van der Waals surface area contributed by atoms with Crippen molar-refractivity contribution in [1.82, 2.24) is 19.3 Å². The van der Waals surface area contributed by atoms with Crippen LogP contribution < -0.4 is 11.2 Å². The Hall–Kier alpha value is -3.81. The molecule has 2 aromatic heterocycles. The van der Waals surface area contributed by atoms with Gasteiger partial charge in [0, 0.05) is 6.07 Å². The van der Waals surface area contributed by atoms with E-state index in [1.54, 1.807) is 12.1 Å². The van der Waals surface area contributed by atoms with Gasteiger partial charge in [-0.1, -0.05) is 18.2 Å². The minimum atomic E-state index is -0.680. The van der Waals surface area contributed by atoms with Crippen LogP contribution in [-0.2, 0) is 0 Å². The Morgan fingerprint density at radius 2 is 1.68 bits per heavy atom. The predicted octanol–water partition coefficient (Wildman–Crippen LogP) is 1.28. The molecule has 0 fully saturated rings. The van der Waals surface area contributed by atoms with Gasteiger partial charge in [0.25, 0.3) is 5.56 Å². The SMILES string of the molecule is O=c1[nH]c2c(cnn2-c2ccccc2)c(=O)n1-c1ccc(O)c(O)c1. The van der Waals surface area contributed by atoms with E-state index in [0.29, 0.717) is 5.69 Å². The summed E-state index contributed by atoms with van der Waals surface area (Å²) in [5, 5.41) is 23.4. The average molecular weight is 336 g/mol. The summed E-state index contributed by atoms with van der Waals surface area (Å²) >= 11 is 0. The third kappa shape index (κ3) is 2.27. The van der Waals surface area contributed by atoms with Gasteiger partial charge in [-0.05, 0) is 24.3 Å². The Morgan fingerprint density at radius 1 is 0.920 bits per heavy atom. The number of rotatable bonds is 2. The lowest BCUT2D eigenvalue weighted by Gasteiger charge is -2.07. The highest BCUT2D eigenvalue weighted by Gasteiger charge is 2.15. The van der Waals surface area contributed by atoms with Gasteiger partial charge in [-0.3, -0.25) is 9.78 Å². The standard InChI is InChI=1S/C17H12N4O4/c22-13-7-6-11(8-14(13)23)20-16(24)12-9-18-21(15(12)19-17(20)25)10-4-2-1-3-5-10/h1-9,22-23H,(H,19,25). The van der Waals surface area contributed by atoms with Gasteiger partial charge < -0.3 is 10.2 Å². The van der Waals surface area contributed by atoms with Crippen LogP contribution in [0.5, 0.6) is 11.5 Å². The minimum Gasteiger partial charge on any atom is -0.504 e. The summed E-state index contributed by atoms with van der Waals surface area (Å²) in [6.07, 6.45) is 1.37. The van der Waals surface area contributed by atoms with Crippen LogP contribution >= 0.6 is 0 Å². The fourth-order valence-corrected chi connectivity index (χ4v) is 2.65. The van der Waals surface area contributed by atoms with Gasteiger partial charge in [0.15, 0.2) is 17.1 Å². The number of aromatic amines is 1. The summed E-state index contributed by atoms with van der Waals surface area (Å²) in [7, 11) is 0. The maximum absolute atomic E-state index is 12.7. The fourth-order valence-electron chi connectivity index (χ4n) is 2.65. The van der Waals surface area contributed by atoms with Crippen molar-refractivity contribution in [1.29, 1.82) is 0 Å². The van der Waals surface area contributed by atoms with Gasteiger partial charge in [0.2, 0.25) is 0 Å². The van der Waals surface area contributed by atoms with E-state index in [0.717, 1.165) is 10.6 Å². The van der Waals surface area contributed by atoms with E-state index in [2.05, 4.69) is 10.1 Å². The summed E-state index contributed by atoms with van der Waals surface area (Å²) in [5.74, 6) is -0.768. The molecule has 0 aliphatic carbocycles. The van der Waals surface area contributed by atoms with E-state index in [-0.39, 0.29) is 22.5 Å². The number of aromatic hydroxyl groups is 2. The Labute approximate surface area is 139 Å². The molecule has 0 unspecified atom stereocenters. The number of nitrogens with one attached hydrogen (secondary N) is 1. The zero-order chi connectivity index (χ0) is 17.6. The molecule has 3 N–H and O–H groups in total. The first kappa shape index (κ1) is 14.8. The number of benzene rings is 2. The van der Waals surface area contributed by atoms with Crippen LogP contribution in [0.4, 0.5) is 0 Å². The van der Waals surface area contributed by atoms with Gasteiger partial charge in [0.05, 0.1) is 17.6 Å². The van der Waals surface area contributed by atoms with Crippen LogP contribution in [-0.4, -0.2) is 29.5 Å². The van der Waals surface area contributed by atoms with Crippen LogP contribution in [0.25, 0.3) is 22.4 Å². The third-order valence-electron chi connectivity index (χ3n) is 3.85. The van der Waals surface area contributed by atoms with Crippen molar-refractivity contribution >= 4 is 11.0 Å². The molecule has 0 saturated heterocycles. The molecule has 0 aliphatic rings. The van der Waals surface area contributed by atoms with Crippen molar-refractivity contribution in [2.75, 3.05) is 0 Å². The number of aromatic nitrogens is 4. The zero-order valence-electron chi connectivity index (χ0n) is 12.7.